The number of carboxylic acid groups (broad SMARTS) is 1. The molecule has 0 spiro atoms. The molecule has 0 unspecified atom stereocenters. The highest BCUT2D eigenvalue weighted by molar-refractivity contribution is 5.88. The first-order chi connectivity index (χ1) is 10.7. The van der Waals surface area contributed by atoms with E-state index in [4.69, 9.17) is 14.6 Å². The van der Waals surface area contributed by atoms with E-state index in [2.05, 4.69) is 4.90 Å². The van der Waals surface area contributed by atoms with Crippen LogP contribution in [0, 0.1) is 0 Å². The van der Waals surface area contributed by atoms with Gasteiger partial charge >= 0.3 is 5.97 Å². The Bertz CT molecular complexity index is 699. The van der Waals surface area contributed by atoms with E-state index >= 15 is 0 Å². The molecule has 1 aliphatic rings. The third-order valence-corrected chi connectivity index (χ3v) is 3.72. The number of hydrogen-bond acceptors (Lipinski definition) is 4. The molecule has 5 heteroatoms. The molecular weight excluding hydrogens is 282 g/mol. The Labute approximate surface area is 128 Å². The lowest BCUT2D eigenvalue weighted by atomic mass is 10.1. The maximum absolute atomic E-state index is 11.1. The van der Waals surface area contributed by atoms with Crippen molar-refractivity contribution in [2.75, 3.05) is 25.2 Å². The van der Waals surface area contributed by atoms with Gasteiger partial charge in [0.15, 0.2) is 0 Å². The summed E-state index contributed by atoms with van der Waals surface area (Å²) >= 11 is 0. The lowest BCUT2D eigenvalue weighted by Crippen LogP contribution is -2.32. The van der Waals surface area contributed by atoms with E-state index in [0.29, 0.717) is 18.9 Å². The van der Waals surface area contributed by atoms with E-state index in [-0.39, 0.29) is 5.56 Å². The summed E-state index contributed by atoms with van der Waals surface area (Å²) < 4.78 is 11.0. The van der Waals surface area contributed by atoms with Gasteiger partial charge in [0.25, 0.3) is 0 Å². The molecule has 1 heterocycles. The number of methoxy groups -OCH3 is 1. The van der Waals surface area contributed by atoms with Gasteiger partial charge in [-0.25, -0.2) is 4.79 Å². The van der Waals surface area contributed by atoms with Crippen LogP contribution < -0.4 is 14.4 Å². The number of nitrogens with zero attached hydrogens (tertiary/aromatic N) is 1. The summed E-state index contributed by atoms with van der Waals surface area (Å²) in [4.78, 5) is 13.3. The molecular formula is C17H17NO4. The molecule has 0 saturated heterocycles. The van der Waals surface area contributed by atoms with Crippen LogP contribution in [0.3, 0.4) is 0 Å². The normalized spacial score (nSPS) is 13.2. The number of fused-ring (bicyclic) bond motifs is 1. The number of aromatic carboxylic acids is 1. The first kappa shape index (κ1) is 14.3. The zero-order valence-corrected chi connectivity index (χ0v) is 12.3. The molecule has 0 fully saturated rings. The van der Waals surface area contributed by atoms with Crippen molar-refractivity contribution in [1.29, 1.82) is 0 Å². The summed E-state index contributed by atoms with van der Waals surface area (Å²) in [5.41, 5.74) is 2.21. The van der Waals surface area contributed by atoms with Gasteiger partial charge in [-0.3, -0.25) is 0 Å². The molecule has 1 aliphatic heterocycles. The Morgan fingerprint density at radius 2 is 2.14 bits per heavy atom. The Kier molecular flexibility index (Phi) is 3.87. The van der Waals surface area contributed by atoms with E-state index in [1.54, 1.807) is 25.3 Å². The molecule has 0 bridgehead atoms. The van der Waals surface area contributed by atoms with Crippen molar-refractivity contribution >= 4 is 11.7 Å². The van der Waals surface area contributed by atoms with Crippen LogP contribution in [0.1, 0.15) is 15.9 Å². The number of hydrogen-bond donors (Lipinski definition) is 1. The summed E-state index contributed by atoms with van der Waals surface area (Å²) in [6.07, 6.45) is 0. The smallest absolute Gasteiger partial charge is 0.335 e. The van der Waals surface area contributed by atoms with Crippen molar-refractivity contribution < 1.29 is 19.4 Å². The summed E-state index contributed by atoms with van der Waals surface area (Å²) in [6, 6.07) is 12.9. The second-order valence-electron chi connectivity index (χ2n) is 5.07. The van der Waals surface area contributed by atoms with Gasteiger partial charge in [0.1, 0.15) is 18.1 Å². The zero-order chi connectivity index (χ0) is 15.5. The lowest BCUT2D eigenvalue weighted by molar-refractivity contribution is 0.0696. The van der Waals surface area contributed by atoms with Gasteiger partial charge in [0.2, 0.25) is 0 Å². The molecule has 0 aliphatic carbocycles. The van der Waals surface area contributed by atoms with E-state index in [9.17, 15) is 4.79 Å². The first-order valence-corrected chi connectivity index (χ1v) is 7.06. The van der Waals surface area contributed by atoms with Crippen LogP contribution in [0.15, 0.2) is 42.5 Å². The number of anilines is 1. The molecule has 0 aromatic heterocycles. The van der Waals surface area contributed by atoms with Crippen LogP contribution in [0.25, 0.3) is 0 Å². The first-order valence-electron chi connectivity index (χ1n) is 7.06. The predicted octanol–water partition coefficient (Wildman–Crippen LogP) is 2.79. The summed E-state index contributed by atoms with van der Waals surface area (Å²) in [7, 11) is 1.55. The Balaban J connectivity index is 1.89. The monoisotopic (exact) mass is 299 g/mol. The topological polar surface area (TPSA) is 59.0 Å². The van der Waals surface area contributed by atoms with Gasteiger partial charge in [0, 0.05) is 12.1 Å². The third-order valence-electron chi connectivity index (χ3n) is 3.72. The molecule has 5 nitrogen and oxygen atoms in total. The van der Waals surface area contributed by atoms with Crippen LogP contribution in [0.5, 0.6) is 11.5 Å². The van der Waals surface area contributed by atoms with Crippen molar-refractivity contribution in [2.45, 2.75) is 6.54 Å². The third kappa shape index (κ3) is 2.70. The lowest BCUT2D eigenvalue weighted by Gasteiger charge is -2.31. The molecule has 3 rings (SSSR count). The maximum Gasteiger partial charge on any atom is 0.335 e. The van der Waals surface area contributed by atoms with Crippen LogP contribution >= 0.6 is 0 Å². The van der Waals surface area contributed by atoms with Gasteiger partial charge in [-0.15, -0.1) is 0 Å². The highest BCUT2D eigenvalue weighted by Gasteiger charge is 2.19. The number of carboxylic acids is 1. The Hall–Kier alpha value is -2.69. The van der Waals surface area contributed by atoms with Crippen molar-refractivity contribution in [1.82, 2.24) is 0 Å². The Morgan fingerprint density at radius 1 is 1.32 bits per heavy atom. The van der Waals surface area contributed by atoms with E-state index in [1.165, 1.54) is 0 Å². The van der Waals surface area contributed by atoms with Crippen LogP contribution in [-0.2, 0) is 6.54 Å². The average molecular weight is 299 g/mol. The van der Waals surface area contributed by atoms with Gasteiger partial charge < -0.3 is 19.5 Å². The van der Waals surface area contributed by atoms with Crippen molar-refractivity contribution in [3.05, 3.63) is 53.6 Å². The predicted molar refractivity (Wildman–Crippen MR) is 82.9 cm³/mol. The molecule has 1 N–H and O–H groups in total. The van der Waals surface area contributed by atoms with E-state index in [1.807, 2.05) is 24.3 Å². The van der Waals surface area contributed by atoms with E-state index in [0.717, 1.165) is 23.5 Å². The largest absolute Gasteiger partial charge is 0.496 e. The van der Waals surface area contributed by atoms with Crippen LogP contribution in [-0.4, -0.2) is 31.3 Å². The maximum atomic E-state index is 11.1. The summed E-state index contributed by atoms with van der Waals surface area (Å²) in [5, 5.41) is 9.06. The fraction of sp³-hybridized carbons (Fsp3) is 0.235. The van der Waals surface area contributed by atoms with Crippen molar-refractivity contribution in [2.24, 2.45) is 0 Å². The van der Waals surface area contributed by atoms with Gasteiger partial charge in [-0.2, -0.15) is 0 Å². The average Bonchev–Trinajstić information content (AvgIpc) is 2.55. The van der Waals surface area contributed by atoms with Crippen molar-refractivity contribution in [3.8, 4) is 11.5 Å². The number of para-hydroxylation sites is 2. The minimum Gasteiger partial charge on any atom is -0.496 e. The molecule has 2 aromatic rings. The quantitative estimate of drug-likeness (QED) is 0.940. The summed E-state index contributed by atoms with van der Waals surface area (Å²) in [5.74, 6) is 0.500. The Morgan fingerprint density at radius 3 is 2.91 bits per heavy atom. The molecule has 0 saturated carbocycles. The van der Waals surface area contributed by atoms with E-state index < -0.39 is 5.97 Å². The molecule has 0 atom stereocenters. The second-order valence-corrected chi connectivity index (χ2v) is 5.07. The standard InChI is InChI=1S/C17H17NO4/c1-21-16-10-12(17(19)20)6-7-13(16)11-18-8-9-22-15-5-3-2-4-14(15)18/h2-7,10H,8-9,11H2,1H3,(H,19,20). The number of ether oxygens (including phenoxy) is 2. The molecule has 0 amide bonds. The number of benzene rings is 2. The van der Waals surface area contributed by atoms with Crippen molar-refractivity contribution in [3.63, 3.8) is 0 Å². The number of rotatable bonds is 4. The van der Waals surface area contributed by atoms with Gasteiger partial charge in [-0.1, -0.05) is 18.2 Å². The molecule has 0 radical (unpaired) electrons. The molecule has 22 heavy (non-hydrogen) atoms. The van der Waals surface area contributed by atoms with Crippen LogP contribution in [0.4, 0.5) is 5.69 Å². The van der Waals surface area contributed by atoms with Gasteiger partial charge in [-0.05, 0) is 24.3 Å². The van der Waals surface area contributed by atoms with Gasteiger partial charge in [0.05, 0.1) is 24.9 Å². The summed E-state index contributed by atoms with van der Waals surface area (Å²) in [6.45, 7) is 2.05. The molecule has 2 aromatic carbocycles. The fourth-order valence-corrected chi connectivity index (χ4v) is 2.60. The minimum absolute atomic E-state index is 0.225. The number of carbonyl (C=O) groups is 1. The zero-order valence-electron chi connectivity index (χ0n) is 12.3. The van der Waals surface area contributed by atoms with Crippen LogP contribution in [0.2, 0.25) is 0 Å². The minimum atomic E-state index is -0.957. The SMILES string of the molecule is COc1cc(C(=O)O)ccc1CN1CCOc2ccccc21. The molecule has 114 valence electrons. The fourth-order valence-electron chi connectivity index (χ4n) is 2.60. The highest BCUT2D eigenvalue weighted by atomic mass is 16.5. The highest BCUT2D eigenvalue weighted by Crippen LogP contribution is 2.33. The second kappa shape index (κ2) is 5.97.